The molecule has 2 N–H and O–H groups in total. The Hall–Kier alpha value is -0.930. The maximum absolute atomic E-state index is 11.9. The maximum Gasteiger partial charge on any atom is 0.319 e. The van der Waals surface area contributed by atoms with E-state index in [9.17, 15) is 4.79 Å². The van der Waals surface area contributed by atoms with Crippen LogP contribution in [-0.4, -0.2) is 12.1 Å². The van der Waals surface area contributed by atoms with Gasteiger partial charge in [-0.05, 0) is 42.9 Å². The summed E-state index contributed by atoms with van der Waals surface area (Å²) < 4.78 is 0. The minimum Gasteiger partial charge on any atom is -0.335 e. The predicted molar refractivity (Wildman–Crippen MR) is 80.0 cm³/mol. The second-order valence-electron chi connectivity index (χ2n) is 5.83. The third kappa shape index (κ3) is 4.02. The molecule has 0 aromatic heterocycles. The van der Waals surface area contributed by atoms with E-state index in [4.69, 9.17) is 23.2 Å². The highest BCUT2D eigenvalue weighted by atomic mass is 35.5. The molecule has 0 spiro atoms. The lowest BCUT2D eigenvalue weighted by molar-refractivity contribution is 0.247. The molecular weight excluding hydrogens is 283 g/mol. The fraction of sp³-hybridized carbons (Fsp3) is 0.500. The van der Waals surface area contributed by atoms with Gasteiger partial charge in [0.25, 0.3) is 0 Å². The summed E-state index contributed by atoms with van der Waals surface area (Å²) in [5.74, 6) is 0. The van der Waals surface area contributed by atoms with Crippen molar-refractivity contribution in [1.29, 1.82) is 0 Å². The molecule has 19 heavy (non-hydrogen) atoms. The molecule has 2 amide bonds. The predicted octanol–water partition coefficient (Wildman–Crippen LogP) is 4.69. The van der Waals surface area contributed by atoms with Gasteiger partial charge in [-0.2, -0.15) is 0 Å². The lowest BCUT2D eigenvalue weighted by Crippen LogP contribution is -2.36. The number of halogens is 2. The number of carbonyl (C=O) groups excluding carboxylic acids is 1. The van der Waals surface area contributed by atoms with E-state index in [0.717, 1.165) is 19.3 Å². The number of anilines is 1. The Labute approximate surface area is 123 Å². The normalized spacial score (nSPS) is 21.2. The molecule has 104 valence electrons. The van der Waals surface area contributed by atoms with Gasteiger partial charge in [0.05, 0.1) is 10.0 Å². The Balaban J connectivity index is 1.89. The Kier molecular flexibility index (Phi) is 4.26. The van der Waals surface area contributed by atoms with Crippen LogP contribution in [0.2, 0.25) is 10.0 Å². The summed E-state index contributed by atoms with van der Waals surface area (Å²) in [5, 5.41) is 6.67. The molecule has 3 nitrogen and oxygen atoms in total. The van der Waals surface area contributed by atoms with E-state index in [1.165, 1.54) is 0 Å². The van der Waals surface area contributed by atoms with Crippen molar-refractivity contribution >= 4 is 34.9 Å². The Morgan fingerprint density at radius 1 is 1.32 bits per heavy atom. The first kappa shape index (κ1) is 14.5. The molecule has 1 aromatic carbocycles. The number of nitrogens with one attached hydrogen (secondary N) is 2. The van der Waals surface area contributed by atoms with Crippen molar-refractivity contribution in [2.75, 3.05) is 5.32 Å². The standard InChI is InChI=1S/C14H18Cl2N2O/c1-14(2)6-5-10(8-14)18-13(19)17-9-3-4-11(15)12(16)7-9/h3-4,7,10H,5-6,8H2,1-2H3,(H2,17,18,19). The van der Waals surface area contributed by atoms with E-state index >= 15 is 0 Å². The molecule has 1 aliphatic carbocycles. The van der Waals surface area contributed by atoms with Crippen molar-refractivity contribution in [3.05, 3.63) is 28.2 Å². The summed E-state index contributed by atoms with van der Waals surface area (Å²) in [5.41, 5.74) is 0.964. The van der Waals surface area contributed by atoms with Gasteiger partial charge in [-0.25, -0.2) is 4.79 Å². The molecule has 0 saturated heterocycles. The summed E-state index contributed by atoms with van der Waals surface area (Å²) in [6, 6.07) is 5.09. The minimum absolute atomic E-state index is 0.193. The van der Waals surface area contributed by atoms with E-state index in [-0.39, 0.29) is 12.1 Å². The quantitative estimate of drug-likeness (QED) is 0.817. The summed E-state index contributed by atoms with van der Waals surface area (Å²) in [6.07, 6.45) is 3.19. The molecule has 0 aliphatic heterocycles. The summed E-state index contributed by atoms with van der Waals surface area (Å²) in [4.78, 5) is 11.9. The van der Waals surface area contributed by atoms with Crippen LogP contribution < -0.4 is 10.6 Å². The van der Waals surface area contributed by atoms with Gasteiger partial charge in [-0.3, -0.25) is 0 Å². The minimum atomic E-state index is -0.193. The molecule has 1 aliphatic rings. The van der Waals surface area contributed by atoms with Crippen molar-refractivity contribution in [2.24, 2.45) is 5.41 Å². The van der Waals surface area contributed by atoms with Crippen LogP contribution in [-0.2, 0) is 0 Å². The Morgan fingerprint density at radius 3 is 2.63 bits per heavy atom. The highest BCUT2D eigenvalue weighted by Gasteiger charge is 2.31. The van der Waals surface area contributed by atoms with Gasteiger partial charge < -0.3 is 10.6 Å². The highest BCUT2D eigenvalue weighted by Crippen LogP contribution is 2.36. The van der Waals surface area contributed by atoms with Crippen LogP contribution >= 0.6 is 23.2 Å². The molecule has 1 unspecified atom stereocenters. The van der Waals surface area contributed by atoms with Crippen molar-refractivity contribution in [3.8, 4) is 0 Å². The zero-order valence-electron chi connectivity index (χ0n) is 11.1. The van der Waals surface area contributed by atoms with Gasteiger partial charge in [-0.1, -0.05) is 37.0 Å². The molecule has 2 rings (SSSR count). The van der Waals surface area contributed by atoms with Gasteiger partial charge in [-0.15, -0.1) is 0 Å². The van der Waals surface area contributed by atoms with E-state index in [1.807, 2.05) is 0 Å². The smallest absolute Gasteiger partial charge is 0.319 e. The van der Waals surface area contributed by atoms with E-state index < -0.39 is 0 Å². The molecular formula is C14H18Cl2N2O. The number of hydrogen-bond donors (Lipinski definition) is 2. The van der Waals surface area contributed by atoms with Gasteiger partial charge in [0, 0.05) is 11.7 Å². The van der Waals surface area contributed by atoms with Crippen molar-refractivity contribution < 1.29 is 4.79 Å². The fourth-order valence-corrected chi connectivity index (χ4v) is 2.78. The Bertz CT molecular complexity index is 488. The van der Waals surface area contributed by atoms with Gasteiger partial charge >= 0.3 is 6.03 Å². The van der Waals surface area contributed by atoms with Crippen molar-refractivity contribution in [3.63, 3.8) is 0 Å². The van der Waals surface area contributed by atoms with Crippen molar-refractivity contribution in [1.82, 2.24) is 5.32 Å². The summed E-state index contributed by atoms with van der Waals surface area (Å²) in [7, 11) is 0. The maximum atomic E-state index is 11.9. The first-order valence-corrected chi connectivity index (χ1v) is 7.14. The number of amides is 2. The summed E-state index contributed by atoms with van der Waals surface area (Å²) >= 11 is 11.7. The molecule has 1 atom stereocenters. The molecule has 0 heterocycles. The van der Waals surface area contributed by atoms with Crippen LogP contribution in [0.4, 0.5) is 10.5 Å². The van der Waals surface area contributed by atoms with Gasteiger partial charge in [0.1, 0.15) is 0 Å². The highest BCUT2D eigenvalue weighted by molar-refractivity contribution is 6.42. The van der Waals surface area contributed by atoms with E-state index in [0.29, 0.717) is 21.1 Å². The zero-order valence-corrected chi connectivity index (χ0v) is 12.6. The number of benzene rings is 1. The molecule has 1 aromatic rings. The first-order chi connectivity index (χ1) is 8.85. The SMILES string of the molecule is CC1(C)CCC(NC(=O)Nc2ccc(Cl)c(Cl)c2)C1. The van der Waals surface area contributed by atoms with Gasteiger partial charge in [0.2, 0.25) is 0 Å². The number of carbonyl (C=O) groups is 1. The van der Waals surface area contributed by atoms with E-state index in [2.05, 4.69) is 24.5 Å². The van der Waals surface area contributed by atoms with Crippen LogP contribution in [0.3, 0.4) is 0 Å². The second-order valence-corrected chi connectivity index (χ2v) is 6.65. The monoisotopic (exact) mass is 300 g/mol. The van der Waals surface area contributed by atoms with Gasteiger partial charge in [0.15, 0.2) is 0 Å². The van der Waals surface area contributed by atoms with Crippen LogP contribution in [0.1, 0.15) is 33.1 Å². The first-order valence-electron chi connectivity index (χ1n) is 6.38. The van der Waals surface area contributed by atoms with E-state index in [1.54, 1.807) is 18.2 Å². The molecule has 0 radical (unpaired) electrons. The zero-order chi connectivity index (χ0) is 14.0. The number of rotatable bonds is 2. The van der Waals surface area contributed by atoms with Crippen LogP contribution in [0.15, 0.2) is 18.2 Å². The second kappa shape index (κ2) is 5.59. The molecule has 1 saturated carbocycles. The molecule has 1 fully saturated rings. The number of hydrogen-bond acceptors (Lipinski definition) is 1. The Morgan fingerprint density at radius 2 is 2.05 bits per heavy atom. The molecule has 0 bridgehead atoms. The average molecular weight is 301 g/mol. The molecule has 5 heteroatoms. The van der Waals surface area contributed by atoms with Crippen LogP contribution in [0, 0.1) is 5.41 Å². The number of urea groups is 1. The average Bonchev–Trinajstić information content (AvgIpc) is 2.63. The van der Waals surface area contributed by atoms with Crippen molar-refractivity contribution in [2.45, 2.75) is 39.2 Å². The summed E-state index contributed by atoms with van der Waals surface area (Å²) in [6.45, 7) is 4.46. The lowest BCUT2D eigenvalue weighted by Gasteiger charge is -2.18. The van der Waals surface area contributed by atoms with Crippen LogP contribution in [0.25, 0.3) is 0 Å². The lowest BCUT2D eigenvalue weighted by atomic mass is 9.92. The van der Waals surface area contributed by atoms with Crippen LogP contribution in [0.5, 0.6) is 0 Å². The fourth-order valence-electron chi connectivity index (χ4n) is 2.49. The third-order valence-electron chi connectivity index (χ3n) is 3.48. The topological polar surface area (TPSA) is 41.1 Å². The third-order valence-corrected chi connectivity index (χ3v) is 4.22. The largest absolute Gasteiger partial charge is 0.335 e.